The molecule has 0 aliphatic rings. The summed E-state index contributed by atoms with van der Waals surface area (Å²) >= 11 is 1.57. The fourth-order valence-corrected chi connectivity index (χ4v) is 2.79. The van der Waals surface area contributed by atoms with E-state index in [-0.39, 0.29) is 0 Å². The largest absolute Gasteiger partial charge is 0.326 e. The number of aromatic nitrogens is 2. The van der Waals surface area contributed by atoms with Crippen molar-refractivity contribution in [3.63, 3.8) is 0 Å². The molecule has 0 amide bonds. The third-order valence-electron chi connectivity index (χ3n) is 2.60. The summed E-state index contributed by atoms with van der Waals surface area (Å²) in [4.78, 5) is 10.0. The van der Waals surface area contributed by atoms with Gasteiger partial charge in [-0.1, -0.05) is 17.7 Å². The summed E-state index contributed by atoms with van der Waals surface area (Å²) < 4.78 is 0. The number of rotatable bonds is 3. The zero-order chi connectivity index (χ0) is 13.1. The Balaban J connectivity index is 2.33. The van der Waals surface area contributed by atoms with E-state index in [1.54, 1.807) is 11.8 Å². The zero-order valence-corrected chi connectivity index (χ0v) is 11.7. The number of nitrogens with two attached hydrogens (primary N) is 1. The molecule has 1 aromatic heterocycles. The standard InChI is InChI=1S/C14H17N3S/c1-9-4-5-13(12(6-9)8-15)18-14-16-10(2)7-11(3)17-14/h4-7H,8,15H2,1-3H3. The normalized spacial score (nSPS) is 10.7. The lowest BCUT2D eigenvalue weighted by atomic mass is 10.1. The maximum atomic E-state index is 5.78. The Labute approximate surface area is 112 Å². The van der Waals surface area contributed by atoms with E-state index in [9.17, 15) is 0 Å². The predicted molar refractivity (Wildman–Crippen MR) is 74.7 cm³/mol. The van der Waals surface area contributed by atoms with Crippen molar-refractivity contribution in [2.24, 2.45) is 5.73 Å². The van der Waals surface area contributed by atoms with Gasteiger partial charge in [0.15, 0.2) is 5.16 Å². The SMILES string of the molecule is Cc1ccc(Sc2nc(C)cc(C)n2)c(CN)c1. The molecule has 0 bridgehead atoms. The third-order valence-corrected chi connectivity index (χ3v) is 3.58. The fourth-order valence-electron chi connectivity index (χ4n) is 1.80. The van der Waals surface area contributed by atoms with Crippen molar-refractivity contribution in [2.45, 2.75) is 37.4 Å². The highest BCUT2D eigenvalue weighted by molar-refractivity contribution is 7.99. The Bertz CT molecular complexity index is 547. The Morgan fingerprint density at radius 2 is 1.72 bits per heavy atom. The lowest BCUT2D eigenvalue weighted by Gasteiger charge is -2.08. The molecule has 0 spiro atoms. The average Bonchev–Trinajstić information content (AvgIpc) is 2.30. The van der Waals surface area contributed by atoms with E-state index in [4.69, 9.17) is 5.73 Å². The molecule has 0 aliphatic heterocycles. The Kier molecular flexibility index (Phi) is 3.99. The van der Waals surface area contributed by atoms with Crippen molar-refractivity contribution in [1.29, 1.82) is 0 Å². The molecule has 4 heteroatoms. The van der Waals surface area contributed by atoms with Gasteiger partial charge in [-0.15, -0.1) is 0 Å². The topological polar surface area (TPSA) is 51.8 Å². The van der Waals surface area contributed by atoms with Gasteiger partial charge < -0.3 is 5.73 Å². The van der Waals surface area contributed by atoms with Crippen LogP contribution in [0.4, 0.5) is 0 Å². The van der Waals surface area contributed by atoms with Gasteiger partial charge in [0, 0.05) is 22.8 Å². The molecule has 1 aromatic carbocycles. The summed E-state index contributed by atoms with van der Waals surface area (Å²) in [5.74, 6) is 0. The Morgan fingerprint density at radius 3 is 2.33 bits per heavy atom. The molecule has 0 aliphatic carbocycles. The second kappa shape index (κ2) is 5.50. The summed E-state index contributed by atoms with van der Waals surface area (Å²) in [6.45, 7) is 6.57. The minimum atomic E-state index is 0.537. The molecular weight excluding hydrogens is 242 g/mol. The van der Waals surface area contributed by atoms with Gasteiger partial charge in [-0.25, -0.2) is 9.97 Å². The lowest BCUT2D eigenvalue weighted by Crippen LogP contribution is -2.00. The molecule has 0 saturated carbocycles. The zero-order valence-electron chi connectivity index (χ0n) is 10.9. The molecule has 94 valence electrons. The van der Waals surface area contributed by atoms with Crippen molar-refractivity contribution in [3.8, 4) is 0 Å². The molecule has 0 saturated heterocycles. The van der Waals surface area contributed by atoms with Gasteiger partial charge in [0.2, 0.25) is 0 Å². The minimum Gasteiger partial charge on any atom is -0.326 e. The van der Waals surface area contributed by atoms with E-state index < -0.39 is 0 Å². The van der Waals surface area contributed by atoms with Crippen LogP contribution in [0.1, 0.15) is 22.5 Å². The van der Waals surface area contributed by atoms with Crippen LogP contribution in [0.2, 0.25) is 0 Å². The van der Waals surface area contributed by atoms with Crippen LogP contribution < -0.4 is 5.73 Å². The molecule has 2 aromatic rings. The van der Waals surface area contributed by atoms with Crippen LogP contribution in [0, 0.1) is 20.8 Å². The molecule has 2 rings (SSSR count). The first-order valence-electron chi connectivity index (χ1n) is 5.88. The summed E-state index contributed by atoms with van der Waals surface area (Å²) in [5.41, 5.74) is 10.1. The molecular formula is C14H17N3S. The minimum absolute atomic E-state index is 0.537. The number of nitrogens with zero attached hydrogens (tertiary/aromatic N) is 2. The van der Waals surface area contributed by atoms with Crippen LogP contribution >= 0.6 is 11.8 Å². The molecule has 0 atom stereocenters. The van der Waals surface area contributed by atoms with E-state index in [2.05, 4.69) is 35.1 Å². The second-order valence-corrected chi connectivity index (χ2v) is 5.36. The molecule has 0 radical (unpaired) electrons. The maximum absolute atomic E-state index is 5.78. The number of benzene rings is 1. The smallest absolute Gasteiger partial charge is 0.192 e. The molecule has 1 heterocycles. The Morgan fingerprint density at radius 1 is 1.06 bits per heavy atom. The van der Waals surface area contributed by atoms with Gasteiger partial charge in [-0.05, 0) is 50.2 Å². The molecule has 0 fully saturated rings. The van der Waals surface area contributed by atoms with E-state index in [0.717, 1.165) is 27.0 Å². The van der Waals surface area contributed by atoms with Crippen LogP contribution in [-0.2, 0) is 6.54 Å². The summed E-state index contributed by atoms with van der Waals surface area (Å²) in [6.07, 6.45) is 0. The first kappa shape index (κ1) is 13.1. The van der Waals surface area contributed by atoms with Crippen molar-refractivity contribution < 1.29 is 0 Å². The number of hydrogen-bond acceptors (Lipinski definition) is 4. The first-order chi connectivity index (χ1) is 8.58. The van der Waals surface area contributed by atoms with Gasteiger partial charge in [-0.3, -0.25) is 0 Å². The van der Waals surface area contributed by atoms with Crippen LogP contribution in [0.25, 0.3) is 0 Å². The molecule has 0 unspecified atom stereocenters. The number of aryl methyl sites for hydroxylation is 3. The van der Waals surface area contributed by atoms with Crippen molar-refractivity contribution in [3.05, 3.63) is 46.8 Å². The highest BCUT2D eigenvalue weighted by Gasteiger charge is 2.07. The van der Waals surface area contributed by atoms with E-state index >= 15 is 0 Å². The number of hydrogen-bond donors (Lipinski definition) is 1. The quantitative estimate of drug-likeness (QED) is 0.861. The monoisotopic (exact) mass is 259 g/mol. The van der Waals surface area contributed by atoms with E-state index in [1.165, 1.54) is 5.56 Å². The Hall–Kier alpha value is -1.39. The summed E-state index contributed by atoms with van der Waals surface area (Å²) in [6, 6.07) is 8.27. The van der Waals surface area contributed by atoms with Gasteiger partial charge in [0.05, 0.1) is 0 Å². The van der Waals surface area contributed by atoms with E-state index in [0.29, 0.717) is 6.54 Å². The van der Waals surface area contributed by atoms with Crippen molar-refractivity contribution in [2.75, 3.05) is 0 Å². The lowest BCUT2D eigenvalue weighted by molar-refractivity contribution is 0.899. The van der Waals surface area contributed by atoms with E-state index in [1.807, 2.05) is 19.9 Å². The highest BCUT2D eigenvalue weighted by atomic mass is 32.2. The highest BCUT2D eigenvalue weighted by Crippen LogP contribution is 2.28. The van der Waals surface area contributed by atoms with Crippen LogP contribution in [0.5, 0.6) is 0 Å². The summed E-state index contributed by atoms with van der Waals surface area (Å²) in [5, 5.41) is 0.783. The molecule has 2 N–H and O–H groups in total. The third kappa shape index (κ3) is 3.09. The van der Waals surface area contributed by atoms with Gasteiger partial charge in [-0.2, -0.15) is 0 Å². The van der Waals surface area contributed by atoms with Gasteiger partial charge in [0.1, 0.15) is 0 Å². The van der Waals surface area contributed by atoms with Crippen LogP contribution in [0.3, 0.4) is 0 Å². The second-order valence-electron chi connectivity index (χ2n) is 4.35. The predicted octanol–water partition coefficient (Wildman–Crippen LogP) is 3.01. The van der Waals surface area contributed by atoms with Crippen molar-refractivity contribution in [1.82, 2.24) is 9.97 Å². The van der Waals surface area contributed by atoms with Crippen LogP contribution in [-0.4, -0.2) is 9.97 Å². The molecule has 18 heavy (non-hydrogen) atoms. The molecule has 3 nitrogen and oxygen atoms in total. The maximum Gasteiger partial charge on any atom is 0.192 e. The van der Waals surface area contributed by atoms with Crippen molar-refractivity contribution >= 4 is 11.8 Å². The first-order valence-corrected chi connectivity index (χ1v) is 6.70. The van der Waals surface area contributed by atoms with Gasteiger partial charge in [0.25, 0.3) is 0 Å². The average molecular weight is 259 g/mol. The fraction of sp³-hybridized carbons (Fsp3) is 0.286. The summed E-state index contributed by atoms with van der Waals surface area (Å²) in [7, 11) is 0. The van der Waals surface area contributed by atoms with Crippen LogP contribution in [0.15, 0.2) is 34.3 Å². The van der Waals surface area contributed by atoms with Gasteiger partial charge >= 0.3 is 0 Å².